The monoisotopic (exact) mass is 335 g/mol. The highest BCUT2D eigenvalue weighted by Gasteiger charge is 2.29. The molecule has 2 fully saturated rings. The van der Waals surface area contributed by atoms with Crippen LogP contribution in [0, 0.1) is 0 Å². The van der Waals surface area contributed by atoms with Crippen molar-refractivity contribution in [2.75, 3.05) is 18.0 Å². The van der Waals surface area contributed by atoms with Crippen molar-refractivity contribution in [3.8, 4) is 11.6 Å². The number of hydrogen-bond acceptors (Lipinski definition) is 6. The van der Waals surface area contributed by atoms with Gasteiger partial charge in [0.2, 0.25) is 0 Å². The summed E-state index contributed by atoms with van der Waals surface area (Å²) < 4.78 is 5.49. The summed E-state index contributed by atoms with van der Waals surface area (Å²) in [5.41, 5.74) is 0.688. The van der Waals surface area contributed by atoms with Crippen LogP contribution in [0.25, 0.3) is 22.4 Å². The molecule has 3 heterocycles. The molecule has 0 atom stereocenters. The molecule has 1 aliphatic carbocycles. The zero-order chi connectivity index (χ0) is 16.6. The van der Waals surface area contributed by atoms with Gasteiger partial charge in [0.15, 0.2) is 17.3 Å². The molecule has 1 aromatic carbocycles. The predicted molar refractivity (Wildman–Crippen MR) is 95.5 cm³/mol. The summed E-state index contributed by atoms with van der Waals surface area (Å²) in [5, 5.41) is 15.3. The lowest BCUT2D eigenvalue weighted by Crippen LogP contribution is -2.25. The van der Waals surface area contributed by atoms with Crippen molar-refractivity contribution in [2.24, 2.45) is 0 Å². The molecule has 0 N–H and O–H groups in total. The molecule has 0 spiro atoms. The molecule has 3 aromatic rings. The van der Waals surface area contributed by atoms with Crippen LogP contribution in [0.5, 0.6) is 0 Å². The Kier molecular flexibility index (Phi) is 3.61. The van der Waals surface area contributed by atoms with Gasteiger partial charge >= 0.3 is 0 Å². The summed E-state index contributed by atoms with van der Waals surface area (Å²) in [6, 6.07) is 8.27. The molecule has 5 rings (SSSR count). The number of anilines is 1. The minimum absolute atomic E-state index is 0.466. The minimum Gasteiger partial charge on any atom is -0.355 e. The Morgan fingerprint density at radius 3 is 2.44 bits per heavy atom. The second-order valence-corrected chi connectivity index (χ2v) is 7.05. The smallest absolute Gasteiger partial charge is 0.279 e. The van der Waals surface area contributed by atoms with Crippen LogP contribution in [-0.2, 0) is 0 Å². The molecule has 1 saturated carbocycles. The van der Waals surface area contributed by atoms with Crippen LogP contribution < -0.4 is 4.90 Å². The molecule has 0 amide bonds. The second-order valence-electron chi connectivity index (χ2n) is 7.05. The molecular weight excluding hydrogens is 314 g/mol. The Bertz CT molecular complexity index is 894. The van der Waals surface area contributed by atoms with Gasteiger partial charge in [-0.1, -0.05) is 42.3 Å². The van der Waals surface area contributed by atoms with E-state index in [1.807, 2.05) is 6.07 Å². The van der Waals surface area contributed by atoms with Gasteiger partial charge in [0.1, 0.15) is 0 Å². The van der Waals surface area contributed by atoms with Gasteiger partial charge in [0.05, 0.1) is 0 Å². The summed E-state index contributed by atoms with van der Waals surface area (Å²) in [6.07, 6.45) is 7.33. The fourth-order valence-electron chi connectivity index (χ4n) is 3.60. The van der Waals surface area contributed by atoms with Crippen LogP contribution >= 0.6 is 0 Å². The Labute approximate surface area is 146 Å². The van der Waals surface area contributed by atoms with E-state index in [2.05, 4.69) is 43.4 Å². The molecule has 2 aromatic heterocycles. The van der Waals surface area contributed by atoms with Crippen molar-refractivity contribution in [1.29, 1.82) is 0 Å². The molecule has 2 aliphatic rings. The molecule has 1 saturated heterocycles. The number of rotatable bonds is 3. The lowest BCUT2D eigenvalue weighted by molar-refractivity contribution is 0.421. The van der Waals surface area contributed by atoms with Crippen LogP contribution in [0.3, 0.4) is 0 Å². The highest BCUT2D eigenvalue weighted by Crippen LogP contribution is 2.39. The third kappa shape index (κ3) is 2.75. The zero-order valence-corrected chi connectivity index (χ0v) is 14.2. The second kappa shape index (κ2) is 6.10. The molecule has 6 nitrogen and oxygen atoms in total. The summed E-state index contributed by atoms with van der Waals surface area (Å²) in [7, 11) is 0. The molecule has 0 unspecified atom stereocenters. The van der Waals surface area contributed by atoms with E-state index >= 15 is 0 Å². The van der Waals surface area contributed by atoms with Crippen molar-refractivity contribution in [3.63, 3.8) is 0 Å². The van der Waals surface area contributed by atoms with E-state index in [-0.39, 0.29) is 0 Å². The molecule has 0 bridgehead atoms. The molecule has 0 radical (unpaired) electrons. The van der Waals surface area contributed by atoms with Crippen molar-refractivity contribution in [2.45, 2.75) is 44.4 Å². The van der Waals surface area contributed by atoms with Gasteiger partial charge in [-0.2, -0.15) is 4.98 Å². The fourth-order valence-corrected chi connectivity index (χ4v) is 3.60. The molecule has 1 aliphatic heterocycles. The van der Waals surface area contributed by atoms with Gasteiger partial charge in [-0.05, 0) is 25.7 Å². The maximum Gasteiger partial charge on any atom is 0.279 e. The minimum atomic E-state index is 0.466. The Balaban J connectivity index is 1.59. The SMILES string of the molecule is c1ccc2c(N3CCCCCC3)nnc(-c3nc(C4CC4)no3)c2c1. The van der Waals surface area contributed by atoms with E-state index < -0.39 is 0 Å². The van der Waals surface area contributed by atoms with Crippen molar-refractivity contribution in [1.82, 2.24) is 20.3 Å². The molecule has 25 heavy (non-hydrogen) atoms. The first-order valence-corrected chi connectivity index (χ1v) is 9.24. The highest BCUT2D eigenvalue weighted by atomic mass is 16.5. The van der Waals surface area contributed by atoms with Crippen LogP contribution in [0.15, 0.2) is 28.8 Å². The normalized spacial score (nSPS) is 18.5. The first-order valence-electron chi connectivity index (χ1n) is 9.24. The number of fused-ring (bicyclic) bond motifs is 1. The number of aromatic nitrogens is 4. The maximum atomic E-state index is 5.49. The zero-order valence-electron chi connectivity index (χ0n) is 14.2. The van der Waals surface area contributed by atoms with Gasteiger partial charge in [-0.15, -0.1) is 10.2 Å². The van der Waals surface area contributed by atoms with Crippen molar-refractivity contribution < 1.29 is 4.52 Å². The molecular formula is C19H21N5O. The Morgan fingerprint density at radius 1 is 0.920 bits per heavy atom. The Morgan fingerprint density at radius 2 is 1.68 bits per heavy atom. The third-order valence-electron chi connectivity index (χ3n) is 5.16. The molecule has 128 valence electrons. The quantitative estimate of drug-likeness (QED) is 0.722. The van der Waals surface area contributed by atoms with Crippen molar-refractivity contribution >= 4 is 16.6 Å². The first kappa shape index (κ1) is 14.8. The van der Waals surface area contributed by atoms with Gasteiger partial charge in [0.25, 0.3) is 5.89 Å². The van der Waals surface area contributed by atoms with Gasteiger partial charge in [0, 0.05) is 29.8 Å². The van der Waals surface area contributed by atoms with E-state index in [1.165, 1.54) is 25.7 Å². The maximum absolute atomic E-state index is 5.49. The first-order chi connectivity index (χ1) is 12.4. The summed E-state index contributed by atoms with van der Waals surface area (Å²) >= 11 is 0. The summed E-state index contributed by atoms with van der Waals surface area (Å²) in [6.45, 7) is 2.09. The number of hydrogen-bond donors (Lipinski definition) is 0. The lowest BCUT2D eigenvalue weighted by Gasteiger charge is -2.22. The van der Waals surface area contributed by atoms with Gasteiger partial charge in [-0.3, -0.25) is 0 Å². The highest BCUT2D eigenvalue weighted by molar-refractivity contribution is 5.99. The Hall–Kier alpha value is -2.50. The van der Waals surface area contributed by atoms with E-state index in [1.54, 1.807) is 0 Å². The van der Waals surface area contributed by atoms with E-state index in [0.29, 0.717) is 17.5 Å². The summed E-state index contributed by atoms with van der Waals surface area (Å²) in [5.74, 6) is 2.72. The summed E-state index contributed by atoms with van der Waals surface area (Å²) in [4.78, 5) is 6.93. The standard InChI is InChI=1S/C19H21N5O/c1-2-6-12-24(11-5-1)18-15-8-4-3-7-14(15)16(21-22-18)19-20-17(23-25-19)13-9-10-13/h3-4,7-8,13H,1-2,5-6,9-12H2. The largest absolute Gasteiger partial charge is 0.355 e. The number of nitrogens with zero attached hydrogens (tertiary/aromatic N) is 5. The van der Waals surface area contributed by atoms with Gasteiger partial charge < -0.3 is 9.42 Å². The topological polar surface area (TPSA) is 67.9 Å². The van der Waals surface area contributed by atoms with Crippen molar-refractivity contribution in [3.05, 3.63) is 30.1 Å². The average molecular weight is 335 g/mol. The predicted octanol–water partition coefficient (Wildman–Crippen LogP) is 3.94. The van der Waals surface area contributed by atoms with E-state index in [0.717, 1.165) is 48.3 Å². The van der Waals surface area contributed by atoms with Crippen LogP contribution in [0.1, 0.15) is 50.3 Å². The average Bonchev–Trinajstić information content (AvgIpc) is 3.44. The van der Waals surface area contributed by atoms with Crippen LogP contribution in [-0.4, -0.2) is 33.4 Å². The van der Waals surface area contributed by atoms with Gasteiger partial charge in [-0.25, -0.2) is 0 Å². The molecule has 6 heteroatoms. The number of benzene rings is 1. The lowest BCUT2D eigenvalue weighted by atomic mass is 10.1. The van der Waals surface area contributed by atoms with E-state index in [4.69, 9.17) is 4.52 Å². The van der Waals surface area contributed by atoms with Crippen LogP contribution in [0.2, 0.25) is 0 Å². The fraction of sp³-hybridized carbons (Fsp3) is 0.474. The van der Waals surface area contributed by atoms with Crippen LogP contribution in [0.4, 0.5) is 5.82 Å². The van der Waals surface area contributed by atoms with E-state index in [9.17, 15) is 0 Å². The third-order valence-corrected chi connectivity index (χ3v) is 5.16.